The highest BCUT2D eigenvalue weighted by molar-refractivity contribution is 14.1. The van der Waals surface area contributed by atoms with Crippen LogP contribution in [-0.2, 0) is 4.79 Å². The van der Waals surface area contributed by atoms with E-state index in [0.29, 0.717) is 6.54 Å². The molecule has 3 heteroatoms. The molecule has 0 saturated carbocycles. The smallest absolute Gasteiger partial charge is 0.224 e. The fourth-order valence-electron chi connectivity index (χ4n) is 1.34. The number of carbonyl (C=O) groups is 1. The Kier molecular flexibility index (Phi) is 4.99. The van der Waals surface area contributed by atoms with E-state index in [1.807, 2.05) is 38.1 Å². The van der Waals surface area contributed by atoms with Gasteiger partial charge in [-0.05, 0) is 48.6 Å². The van der Waals surface area contributed by atoms with Crippen LogP contribution in [0.2, 0.25) is 0 Å². The van der Waals surface area contributed by atoms with Crippen LogP contribution in [0.15, 0.2) is 35.9 Å². The number of carbonyl (C=O) groups excluding carboxylic acids is 1. The lowest BCUT2D eigenvalue weighted by molar-refractivity contribution is -0.116. The average Bonchev–Trinajstić information content (AvgIpc) is 2.20. The lowest BCUT2D eigenvalue weighted by Gasteiger charge is -2.21. The van der Waals surface area contributed by atoms with Gasteiger partial charge in [0.15, 0.2) is 0 Å². The fraction of sp³-hybridized carbons (Fsp3) is 0.308. The molecule has 0 radical (unpaired) electrons. The van der Waals surface area contributed by atoms with Gasteiger partial charge in [0.05, 0.1) is 5.69 Å². The van der Waals surface area contributed by atoms with Gasteiger partial charge in [0, 0.05) is 17.0 Å². The van der Waals surface area contributed by atoms with Crippen LogP contribution in [-0.4, -0.2) is 12.5 Å². The van der Waals surface area contributed by atoms with E-state index in [-0.39, 0.29) is 5.91 Å². The molecular formula is C13H16INO. The molecule has 0 heterocycles. The summed E-state index contributed by atoms with van der Waals surface area (Å²) in [6, 6.07) is 7.91. The molecule has 0 aliphatic carbocycles. The lowest BCUT2D eigenvalue weighted by Crippen LogP contribution is -2.29. The summed E-state index contributed by atoms with van der Waals surface area (Å²) in [5.74, 6) is 0.0709. The number of nitrogens with zero attached hydrogens (tertiary/aromatic N) is 1. The molecule has 0 spiro atoms. The van der Waals surface area contributed by atoms with E-state index in [1.54, 1.807) is 11.8 Å². The summed E-state index contributed by atoms with van der Waals surface area (Å²) in [5, 5.41) is 0. The highest BCUT2D eigenvalue weighted by Crippen LogP contribution is 2.22. The SMILES string of the molecule is CC(=O)N(CC=C(C)C)c1ccccc1I. The normalized spacial score (nSPS) is 9.75. The van der Waals surface area contributed by atoms with Crippen LogP contribution in [0, 0.1) is 3.57 Å². The number of halogens is 1. The van der Waals surface area contributed by atoms with Crippen molar-refractivity contribution in [2.24, 2.45) is 0 Å². The molecular weight excluding hydrogens is 313 g/mol. The van der Waals surface area contributed by atoms with Crippen LogP contribution in [0.4, 0.5) is 5.69 Å². The third-order valence-electron chi connectivity index (χ3n) is 2.21. The Bertz CT molecular complexity index is 408. The largest absolute Gasteiger partial charge is 0.308 e. The summed E-state index contributed by atoms with van der Waals surface area (Å²) in [7, 11) is 0. The number of rotatable bonds is 3. The molecule has 2 nitrogen and oxygen atoms in total. The number of anilines is 1. The summed E-state index contributed by atoms with van der Waals surface area (Å²) in [4.78, 5) is 13.4. The van der Waals surface area contributed by atoms with Crippen molar-refractivity contribution in [1.29, 1.82) is 0 Å². The molecule has 1 amide bonds. The number of amides is 1. The molecule has 1 aromatic rings. The van der Waals surface area contributed by atoms with E-state index in [4.69, 9.17) is 0 Å². The third kappa shape index (κ3) is 3.63. The first-order valence-corrected chi connectivity index (χ1v) is 6.26. The molecule has 86 valence electrons. The minimum absolute atomic E-state index is 0.0709. The third-order valence-corrected chi connectivity index (χ3v) is 3.12. The predicted octanol–water partition coefficient (Wildman–Crippen LogP) is 3.61. The maximum absolute atomic E-state index is 11.6. The van der Waals surface area contributed by atoms with Crippen molar-refractivity contribution in [3.8, 4) is 0 Å². The summed E-state index contributed by atoms with van der Waals surface area (Å²) in [5.41, 5.74) is 2.20. The molecule has 0 fully saturated rings. The van der Waals surface area contributed by atoms with Gasteiger partial charge in [-0.15, -0.1) is 0 Å². The van der Waals surface area contributed by atoms with E-state index in [2.05, 4.69) is 28.7 Å². The number of hydrogen-bond acceptors (Lipinski definition) is 1. The van der Waals surface area contributed by atoms with Crippen LogP contribution < -0.4 is 4.90 Å². The molecule has 1 rings (SSSR count). The van der Waals surface area contributed by atoms with Crippen molar-refractivity contribution in [2.75, 3.05) is 11.4 Å². The first kappa shape index (κ1) is 13.2. The fourth-order valence-corrected chi connectivity index (χ4v) is 2.02. The van der Waals surface area contributed by atoms with Gasteiger partial charge in [-0.1, -0.05) is 23.8 Å². The molecule has 1 aromatic carbocycles. The van der Waals surface area contributed by atoms with Crippen LogP contribution >= 0.6 is 22.6 Å². The maximum atomic E-state index is 11.6. The number of para-hydroxylation sites is 1. The van der Waals surface area contributed by atoms with Gasteiger partial charge in [-0.3, -0.25) is 4.79 Å². The number of benzene rings is 1. The van der Waals surface area contributed by atoms with Gasteiger partial charge in [-0.2, -0.15) is 0 Å². The zero-order valence-electron chi connectivity index (χ0n) is 9.83. The highest BCUT2D eigenvalue weighted by atomic mass is 127. The van der Waals surface area contributed by atoms with E-state index in [0.717, 1.165) is 9.26 Å². The molecule has 0 aliphatic rings. The highest BCUT2D eigenvalue weighted by Gasteiger charge is 2.12. The van der Waals surface area contributed by atoms with Gasteiger partial charge in [0.2, 0.25) is 5.91 Å². The molecule has 0 atom stereocenters. The first-order valence-electron chi connectivity index (χ1n) is 5.18. The van der Waals surface area contributed by atoms with Crippen LogP contribution in [0.1, 0.15) is 20.8 Å². The van der Waals surface area contributed by atoms with E-state index in [1.165, 1.54) is 5.57 Å². The predicted molar refractivity (Wildman–Crippen MR) is 76.6 cm³/mol. The zero-order valence-corrected chi connectivity index (χ0v) is 12.0. The Hall–Kier alpha value is -0.840. The van der Waals surface area contributed by atoms with Crippen molar-refractivity contribution in [2.45, 2.75) is 20.8 Å². The van der Waals surface area contributed by atoms with Crippen LogP contribution in [0.3, 0.4) is 0 Å². The van der Waals surface area contributed by atoms with Crippen LogP contribution in [0.25, 0.3) is 0 Å². The van der Waals surface area contributed by atoms with Gasteiger partial charge >= 0.3 is 0 Å². The van der Waals surface area contributed by atoms with Gasteiger partial charge < -0.3 is 4.90 Å². The van der Waals surface area contributed by atoms with Crippen molar-refractivity contribution in [1.82, 2.24) is 0 Å². The zero-order chi connectivity index (χ0) is 12.1. The molecule has 0 N–H and O–H groups in total. The van der Waals surface area contributed by atoms with E-state index < -0.39 is 0 Å². The summed E-state index contributed by atoms with van der Waals surface area (Å²) in [6.07, 6.45) is 2.06. The Balaban J connectivity index is 2.99. The van der Waals surface area contributed by atoms with Crippen molar-refractivity contribution >= 4 is 34.2 Å². The van der Waals surface area contributed by atoms with Crippen molar-refractivity contribution in [3.05, 3.63) is 39.5 Å². The summed E-state index contributed by atoms with van der Waals surface area (Å²) in [6.45, 7) is 6.31. The van der Waals surface area contributed by atoms with Gasteiger partial charge in [0.25, 0.3) is 0 Å². The monoisotopic (exact) mass is 329 g/mol. The molecule has 0 unspecified atom stereocenters. The Morgan fingerprint density at radius 1 is 1.31 bits per heavy atom. The van der Waals surface area contributed by atoms with Gasteiger partial charge in [-0.25, -0.2) is 0 Å². The summed E-state index contributed by atoms with van der Waals surface area (Å²) >= 11 is 2.25. The Morgan fingerprint density at radius 2 is 1.94 bits per heavy atom. The number of allylic oxidation sites excluding steroid dienone is 1. The lowest BCUT2D eigenvalue weighted by atomic mass is 10.2. The molecule has 0 bridgehead atoms. The van der Waals surface area contributed by atoms with Crippen molar-refractivity contribution < 1.29 is 4.79 Å². The first-order chi connectivity index (χ1) is 7.52. The minimum atomic E-state index is 0.0709. The second kappa shape index (κ2) is 6.03. The second-order valence-corrected chi connectivity index (χ2v) is 5.02. The molecule has 0 aliphatic heterocycles. The Labute approximate surface area is 110 Å². The molecule has 0 aromatic heterocycles. The van der Waals surface area contributed by atoms with Crippen molar-refractivity contribution in [3.63, 3.8) is 0 Å². The maximum Gasteiger partial charge on any atom is 0.224 e. The molecule has 0 saturated heterocycles. The van der Waals surface area contributed by atoms with E-state index in [9.17, 15) is 4.79 Å². The van der Waals surface area contributed by atoms with Crippen LogP contribution in [0.5, 0.6) is 0 Å². The Morgan fingerprint density at radius 3 is 2.44 bits per heavy atom. The number of hydrogen-bond donors (Lipinski definition) is 0. The van der Waals surface area contributed by atoms with E-state index >= 15 is 0 Å². The quantitative estimate of drug-likeness (QED) is 0.613. The average molecular weight is 329 g/mol. The molecule has 16 heavy (non-hydrogen) atoms. The second-order valence-electron chi connectivity index (χ2n) is 3.86. The van der Waals surface area contributed by atoms with Gasteiger partial charge in [0.1, 0.15) is 0 Å². The minimum Gasteiger partial charge on any atom is -0.308 e. The topological polar surface area (TPSA) is 20.3 Å². The standard InChI is InChI=1S/C13H16INO/c1-10(2)8-9-15(11(3)16)13-7-5-4-6-12(13)14/h4-8H,9H2,1-3H3. The summed E-state index contributed by atoms with van der Waals surface area (Å²) < 4.78 is 1.09.